The molecule has 112 valence electrons. The third kappa shape index (κ3) is 2.50. The van der Waals surface area contributed by atoms with Gasteiger partial charge in [0.15, 0.2) is 12.0 Å². The minimum atomic E-state index is -4.49. The fourth-order valence-corrected chi connectivity index (χ4v) is 2.00. The highest BCUT2D eigenvalue weighted by Gasteiger charge is 2.31. The molecule has 0 amide bonds. The van der Waals surface area contributed by atoms with Crippen LogP contribution in [0.1, 0.15) is 16.1 Å². The van der Waals surface area contributed by atoms with E-state index in [9.17, 15) is 18.0 Å². The molecule has 0 aliphatic heterocycles. The van der Waals surface area contributed by atoms with Gasteiger partial charge in [-0.3, -0.25) is 4.79 Å². The van der Waals surface area contributed by atoms with Gasteiger partial charge in [0.1, 0.15) is 18.4 Å². The molecule has 0 N–H and O–H groups in total. The lowest BCUT2D eigenvalue weighted by molar-refractivity contribution is -0.137. The molecule has 0 spiro atoms. The Kier molecular flexibility index (Phi) is 3.28. The molecule has 0 atom stereocenters. The van der Waals surface area contributed by atoms with E-state index >= 15 is 0 Å². The van der Waals surface area contributed by atoms with E-state index in [0.717, 1.165) is 12.1 Å². The Hall–Kier alpha value is -2.90. The highest BCUT2D eigenvalue weighted by Crippen LogP contribution is 2.35. The van der Waals surface area contributed by atoms with Gasteiger partial charge in [0, 0.05) is 5.56 Å². The molecular formula is C14H8F3N3O2. The van der Waals surface area contributed by atoms with Crippen molar-refractivity contribution in [1.29, 1.82) is 0 Å². The average Bonchev–Trinajstić information content (AvgIpc) is 3.17. The number of carbonyl (C=O) groups is 1. The molecule has 0 saturated heterocycles. The van der Waals surface area contributed by atoms with E-state index in [0.29, 0.717) is 12.0 Å². The Bertz CT molecular complexity index is 807. The van der Waals surface area contributed by atoms with Gasteiger partial charge in [0.25, 0.3) is 0 Å². The number of nitrogens with zero attached hydrogens (tertiary/aromatic N) is 3. The van der Waals surface area contributed by atoms with Crippen LogP contribution in [0.25, 0.3) is 17.0 Å². The van der Waals surface area contributed by atoms with E-state index in [4.69, 9.17) is 4.42 Å². The zero-order chi connectivity index (χ0) is 15.7. The summed E-state index contributed by atoms with van der Waals surface area (Å²) in [5, 5.41) is 3.90. The molecule has 0 saturated carbocycles. The van der Waals surface area contributed by atoms with Gasteiger partial charge in [-0.15, -0.1) is 0 Å². The van der Waals surface area contributed by atoms with Gasteiger partial charge in [-0.1, -0.05) is 0 Å². The smallest absolute Gasteiger partial charge is 0.416 e. The summed E-state index contributed by atoms with van der Waals surface area (Å²) >= 11 is 0. The molecule has 0 bridgehead atoms. The van der Waals surface area contributed by atoms with Crippen LogP contribution in [0.4, 0.5) is 13.2 Å². The third-order valence-electron chi connectivity index (χ3n) is 3.00. The quantitative estimate of drug-likeness (QED) is 0.696. The number of carbonyl (C=O) groups excluding carboxylic acids is 1. The lowest BCUT2D eigenvalue weighted by Crippen LogP contribution is -2.06. The van der Waals surface area contributed by atoms with Crippen LogP contribution in [-0.4, -0.2) is 21.1 Å². The molecule has 3 rings (SSSR count). The van der Waals surface area contributed by atoms with Crippen molar-refractivity contribution in [2.24, 2.45) is 0 Å². The van der Waals surface area contributed by atoms with Crippen molar-refractivity contribution in [3.8, 4) is 17.0 Å². The van der Waals surface area contributed by atoms with Crippen molar-refractivity contribution in [3.63, 3.8) is 0 Å². The second kappa shape index (κ2) is 5.14. The summed E-state index contributed by atoms with van der Waals surface area (Å²) in [4.78, 5) is 14.5. The molecule has 5 nitrogen and oxygen atoms in total. The van der Waals surface area contributed by atoms with Crippen LogP contribution >= 0.6 is 0 Å². The number of hydrogen-bond acceptors (Lipinski definition) is 4. The molecule has 2 aromatic heterocycles. The first-order valence-corrected chi connectivity index (χ1v) is 6.10. The van der Waals surface area contributed by atoms with Crippen LogP contribution < -0.4 is 0 Å². The largest absolute Gasteiger partial charge is 0.453 e. The van der Waals surface area contributed by atoms with Gasteiger partial charge < -0.3 is 4.42 Å². The summed E-state index contributed by atoms with van der Waals surface area (Å²) in [6, 6.07) is 5.98. The normalized spacial score (nSPS) is 11.6. The maximum absolute atomic E-state index is 12.9. The van der Waals surface area contributed by atoms with Crippen molar-refractivity contribution in [2.75, 3.05) is 0 Å². The molecule has 0 aliphatic carbocycles. The van der Waals surface area contributed by atoms with E-state index < -0.39 is 11.7 Å². The molecule has 0 radical (unpaired) electrons. The standard InChI is InChI=1S/C14H8F3N3O2/c15-14(16,17)9-1-3-12(20-8-18-7-19-20)11(5-9)13-4-2-10(6-21)22-13/h1-8H. The second-order valence-corrected chi connectivity index (χ2v) is 4.39. The summed E-state index contributed by atoms with van der Waals surface area (Å²) < 4.78 is 45.3. The van der Waals surface area contributed by atoms with Crippen LogP contribution in [0.15, 0.2) is 47.4 Å². The Balaban J connectivity index is 2.20. The van der Waals surface area contributed by atoms with Crippen LogP contribution in [0, 0.1) is 0 Å². The van der Waals surface area contributed by atoms with E-state index in [1.165, 1.54) is 35.5 Å². The fraction of sp³-hybridized carbons (Fsp3) is 0.0714. The Labute approximate surface area is 122 Å². The SMILES string of the molecule is O=Cc1ccc(-c2cc(C(F)(F)F)ccc2-n2cncn2)o1. The first-order valence-electron chi connectivity index (χ1n) is 6.10. The van der Waals surface area contributed by atoms with E-state index in [1.807, 2.05) is 0 Å². The minimum Gasteiger partial charge on any atom is -0.453 e. The average molecular weight is 307 g/mol. The minimum absolute atomic E-state index is 0.0250. The Morgan fingerprint density at radius 2 is 2.00 bits per heavy atom. The lowest BCUT2D eigenvalue weighted by Gasteiger charge is -2.12. The fourth-order valence-electron chi connectivity index (χ4n) is 2.00. The number of aromatic nitrogens is 3. The van der Waals surface area contributed by atoms with Crippen LogP contribution in [0.2, 0.25) is 0 Å². The maximum Gasteiger partial charge on any atom is 0.416 e. The van der Waals surface area contributed by atoms with E-state index in [1.54, 1.807) is 0 Å². The third-order valence-corrected chi connectivity index (χ3v) is 3.00. The van der Waals surface area contributed by atoms with Crippen molar-refractivity contribution < 1.29 is 22.4 Å². The zero-order valence-electron chi connectivity index (χ0n) is 10.9. The predicted octanol–water partition coefficient (Wildman–Crippen LogP) is 3.36. The van der Waals surface area contributed by atoms with Crippen LogP contribution in [0.3, 0.4) is 0 Å². The number of aldehydes is 1. The molecule has 0 aliphatic rings. The molecule has 8 heteroatoms. The highest BCUT2D eigenvalue weighted by atomic mass is 19.4. The molecule has 0 fully saturated rings. The van der Waals surface area contributed by atoms with Gasteiger partial charge in [0.05, 0.1) is 11.3 Å². The summed E-state index contributed by atoms with van der Waals surface area (Å²) in [5.41, 5.74) is -0.304. The number of hydrogen-bond donors (Lipinski definition) is 0. The van der Waals surface area contributed by atoms with Crippen LogP contribution in [-0.2, 0) is 6.18 Å². The molecule has 2 heterocycles. The van der Waals surface area contributed by atoms with Gasteiger partial charge in [0.2, 0.25) is 0 Å². The number of alkyl halides is 3. The first-order chi connectivity index (χ1) is 10.5. The molecule has 0 unspecified atom stereocenters. The maximum atomic E-state index is 12.9. The lowest BCUT2D eigenvalue weighted by atomic mass is 10.1. The molecule has 1 aromatic carbocycles. The van der Waals surface area contributed by atoms with Crippen LogP contribution in [0.5, 0.6) is 0 Å². The number of benzene rings is 1. The molecular weight excluding hydrogens is 299 g/mol. The topological polar surface area (TPSA) is 60.9 Å². The second-order valence-electron chi connectivity index (χ2n) is 4.39. The number of furan rings is 1. The van der Waals surface area contributed by atoms with Crippen molar-refractivity contribution in [1.82, 2.24) is 14.8 Å². The summed E-state index contributed by atoms with van der Waals surface area (Å²) in [6.07, 6.45) is -1.39. The molecule has 3 aromatic rings. The van der Waals surface area contributed by atoms with Gasteiger partial charge in [-0.25, -0.2) is 9.67 Å². The predicted molar refractivity (Wildman–Crippen MR) is 69.5 cm³/mol. The summed E-state index contributed by atoms with van der Waals surface area (Å²) in [6.45, 7) is 0. The zero-order valence-corrected chi connectivity index (χ0v) is 10.9. The number of rotatable bonds is 3. The van der Waals surface area contributed by atoms with E-state index in [2.05, 4.69) is 10.1 Å². The molecule has 22 heavy (non-hydrogen) atoms. The van der Waals surface area contributed by atoms with Gasteiger partial charge >= 0.3 is 6.18 Å². The number of halogens is 3. The first kappa shape index (κ1) is 14.1. The van der Waals surface area contributed by atoms with Crippen molar-refractivity contribution >= 4 is 6.29 Å². The van der Waals surface area contributed by atoms with Crippen molar-refractivity contribution in [2.45, 2.75) is 6.18 Å². The van der Waals surface area contributed by atoms with E-state index in [-0.39, 0.29) is 17.1 Å². The summed E-state index contributed by atoms with van der Waals surface area (Å²) in [5.74, 6) is 0.163. The monoisotopic (exact) mass is 307 g/mol. The van der Waals surface area contributed by atoms with Crippen molar-refractivity contribution in [3.05, 3.63) is 54.3 Å². The Morgan fingerprint density at radius 3 is 2.59 bits per heavy atom. The van der Waals surface area contributed by atoms with Gasteiger partial charge in [-0.2, -0.15) is 18.3 Å². The highest BCUT2D eigenvalue weighted by molar-refractivity contribution is 5.75. The Morgan fingerprint density at radius 1 is 1.18 bits per heavy atom. The van der Waals surface area contributed by atoms with Gasteiger partial charge in [-0.05, 0) is 30.3 Å². The summed E-state index contributed by atoms with van der Waals surface area (Å²) in [7, 11) is 0.